The normalized spacial score (nSPS) is 18.7. The molecule has 2 radical (unpaired) electrons. The molecule has 0 unspecified atom stereocenters. The molecule has 168 valence electrons. The maximum absolute atomic E-state index is 14.9. The molecule has 0 aromatic heterocycles. The van der Waals surface area contributed by atoms with Crippen molar-refractivity contribution < 1.29 is 27.0 Å². The number of benzene rings is 3. The lowest BCUT2D eigenvalue weighted by atomic mass is 9.93. The first-order valence-electron chi connectivity index (χ1n) is 10.6. The van der Waals surface area contributed by atoms with Crippen molar-refractivity contribution in [1.29, 1.82) is 0 Å². The van der Waals surface area contributed by atoms with E-state index in [1.54, 1.807) is 0 Å². The van der Waals surface area contributed by atoms with Gasteiger partial charge in [-0.15, -0.1) is 0 Å². The van der Waals surface area contributed by atoms with Gasteiger partial charge in [0.05, 0.1) is 21.1 Å². The lowest BCUT2D eigenvalue weighted by Crippen LogP contribution is -2.26. The molecule has 3 aromatic carbocycles. The number of ether oxygens (including phenoxy) is 2. The Labute approximate surface area is 191 Å². The Balaban J connectivity index is 1.58. The predicted molar refractivity (Wildman–Crippen MR) is 120 cm³/mol. The minimum Gasteiger partial charge on any atom is -0.348 e. The van der Waals surface area contributed by atoms with Gasteiger partial charge in [0.2, 0.25) is 0 Å². The zero-order chi connectivity index (χ0) is 23.5. The molecular weight excluding hydrogens is 431 g/mol. The SMILES string of the molecule is [B]Cc1ccc(-c2ccc(-c3ccc(C4OCC(/C=C/C)CO4)c(F)c3F)cc2)c(F)c1F. The summed E-state index contributed by atoms with van der Waals surface area (Å²) in [6.45, 7) is 2.59. The molecular formula is C26H21BF4O2. The maximum Gasteiger partial charge on any atom is 0.186 e. The molecule has 4 rings (SSSR count). The van der Waals surface area contributed by atoms with Gasteiger partial charge in [0.25, 0.3) is 0 Å². The first kappa shape index (κ1) is 23.3. The summed E-state index contributed by atoms with van der Waals surface area (Å²) >= 11 is 0. The molecule has 0 aliphatic carbocycles. The average molecular weight is 452 g/mol. The minimum atomic E-state index is -1.04. The first-order chi connectivity index (χ1) is 15.9. The van der Waals surface area contributed by atoms with Crippen molar-refractivity contribution in [3.05, 3.63) is 95.1 Å². The molecule has 3 aromatic rings. The van der Waals surface area contributed by atoms with Crippen LogP contribution in [0.15, 0.2) is 60.7 Å². The molecule has 33 heavy (non-hydrogen) atoms. The van der Waals surface area contributed by atoms with Gasteiger partial charge in [-0.05, 0) is 23.6 Å². The Bertz CT molecular complexity index is 1170. The molecule has 0 saturated carbocycles. The Morgan fingerprint density at radius 3 is 1.88 bits per heavy atom. The Morgan fingerprint density at radius 2 is 1.33 bits per heavy atom. The Kier molecular flexibility index (Phi) is 7.01. The van der Waals surface area contributed by atoms with Crippen LogP contribution in [0.4, 0.5) is 17.6 Å². The molecule has 0 N–H and O–H groups in total. The zero-order valence-corrected chi connectivity index (χ0v) is 18.0. The van der Waals surface area contributed by atoms with E-state index in [0.29, 0.717) is 24.3 Å². The van der Waals surface area contributed by atoms with Crippen molar-refractivity contribution in [2.45, 2.75) is 19.5 Å². The standard InChI is InChI=1S/C26H21BF4O2/c1-2-3-15-13-32-26(33-14-15)21-11-10-20(24(30)25(21)31)17-6-4-16(5-7-17)19-9-8-18(12-27)22(28)23(19)29/h2-11,15,26H,12-14H2,1H3/b3-2+. The van der Waals surface area contributed by atoms with Gasteiger partial charge >= 0.3 is 0 Å². The highest BCUT2D eigenvalue weighted by Gasteiger charge is 2.27. The molecule has 1 heterocycles. The van der Waals surface area contributed by atoms with Gasteiger partial charge in [-0.2, -0.15) is 0 Å². The van der Waals surface area contributed by atoms with Crippen LogP contribution >= 0.6 is 0 Å². The molecule has 1 fully saturated rings. The molecule has 0 atom stereocenters. The molecule has 1 saturated heterocycles. The van der Waals surface area contributed by atoms with Gasteiger partial charge in [0.15, 0.2) is 29.6 Å². The van der Waals surface area contributed by atoms with Crippen LogP contribution in [0, 0.1) is 29.2 Å². The quantitative estimate of drug-likeness (QED) is 0.251. The lowest BCUT2D eigenvalue weighted by molar-refractivity contribution is -0.199. The topological polar surface area (TPSA) is 18.5 Å². The number of rotatable bonds is 5. The third kappa shape index (κ3) is 4.61. The van der Waals surface area contributed by atoms with Gasteiger partial charge in [-0.3, -0.25) is 0 Å². The van der Waals surface area contributed by atoms with E-state index in [2.05, 4.69) is 0 Å². The van der Waals surface area contributed by atoms with E-state index >= 15 is 0 Å². The highest BCUT2D eigenvalue weighted by molar-refractivity contribution is 6.08. The number of halogens is 4. The zero-order valence-electron chi connectivity index (χ0n) is 18.0. The Morgan fingerprint density at radius 1 is 0.788 bits per heavy atom. The summed E-state index contributed by atoms with van der Waals surface area (Å²) in [6.07, 6.45) is 2.73. The van der Waals surface area contributed by atoms with Crippen LogP contribution in [0.2, 0.25) is 0 Å². The second-order valence-electron chi connectivity index (χ2n) is 7.80. The largest absolute Gasteiger partial charge is 0.348 e. The van der Waals surface area contributed by atoms with Gasteiger partial charge in [0.1, 0.15) is 0 Å². The van der Waals surface area contributed by atoms with E-state index in [9.17, 15) is 17.6 Å². The monoisotopic (exact) mass is 452 g/mol. The molecule has 0 bridgehead atoms. The molecule has 7 heteroatoms. The van der Waals surface area contributed by atoms with E-state index in [0.717, 1.165) is 0 Å². The van der Waals surface area contributed by atoms with Crippen molar-refractivity contribution in [2.24, 2.45) is 5.92 Å². The van der Waals surface area contributed by atoms with E-state index in [4.69, 9.17) is 17.3 Å². The fraction of sp³-hybridized carbons (Fsp3) is 0.231. The molecule has 0 amide bonds. The van der Waals surface area contributed by atoms with Crippen LogP contribution in [0.25, 0.3) is 22.3 Å². The summed E-state index contributed by atoms with van der Waals surface area (Å²) in [5.74, 6) is -4.01. The van der Waals surface area contributed by atoms with Crippen LogP contribution in [-0.2, 0) is 15.8 Å². The van der Waals surface area contributed by atoms with Crippen molar-refractivity contribution in [2.75, 3.05) is 13.2 Å². The summed E-state index contributed by atoms with van der Waals surface area (Å²) in [7, 11) is 5.40. The molecule has 1 aliphatic rings. The van der Waals surface area contributed by atoms with Crippen molar-refractivity contribution in [3.8, 4) is 22.3 Å². The molecule has 2 nitrogen and oxygen atoms in total. The summed E-state index contributed by atoms with van der Waals surface area (Å²) < 4.78 is 69.3. The summed E-state index contributed by atoms with van der Waals surface area (Å²) in [6, 6.07) is 11.8. The van der Waals surface area contributed by atoms with Gasteiger partial charge in [-0.1, -0.05) is 67.0 Å². The summed E-state index contributed by atoms with van der Waals surface area (Å²) in [4.78, 5) is 0. The van der Waals surface area contributed by atoms with Crippen LogP contribution in [0.3, 0.4) is 0 Å². The predicted octanol–water partition coefficient (Wildman–Crippen LogP) is 6.48. The van der Waals surface area contributed by atoms with E-state index in [1.165, 1.54) is 48.5 Å². The van der Waals surface area contributed by atoms with Crippen molar-refractivity contribution >= 4 is 7.85 Å². The van der Waals surface area contributed by atoms with Crippen LogP contribution in [0.5, 0.6) is 0 Å². The first-order valence-corrected chi connectivity index (χ1v) is 10.6. The van der Waals surface area contributed by atoms with E-state index in [-0.39, 0.29) is 34.5 Å². The third-order valence-corrected chi connectivity index (χ3v) is 5.64. The van der Waals surface area contributed by atoms with Gasteiger partial charge in [0, 0.05) is 22.6 Å². The number of allylic oxidation sites excluding steroid dienone is 1. The van der Waals surface area contributed by atoms with E-state index in [1.807, 2.05) is 19.1 Å². The highest BCUT2D eigenvalue weighted by atomic mass is 19.2. The molecule has 0 spiro atoms. The fourth-order valence-electron chi connectivity index (χ4n) is 3.85. The van der Waals surface area contributed by atoms with Crippen LogP contribution < -0.4 is 0 Å². The summed E-state index contributed by atoms with van der Waals surface area (Å²) in [5, 5.41) is 0. The third-order valence-electron chi connectivity index (χ3n) is 5.64. The lowest BCUT2D eigenvalue weighted by Gasteiger charge is -2.28. The average Bonchev–Trinajstić information content (AvgIpc) is 2.84. The maximum atomic E-state index is 14.9. The van der Waals surface area contributed by atoms with Gasteiger partial charge < -0.3 is 9.47 Å². The summed E-state index contributed by atoms with van der Waals surface area (Å²) in [5.41, 5.74) is 0.949. The molecule has 1 aliphatic heterocycles. The fourth-order valence-corrected chi connectivity index (χ4v) is 3.85. The minimum absolute atomic E-state index is 0.00987. The van der Waals surface area contributed by atoms with Crippen molar-refractivity contribution in [3.63, 3.8) is 0 Å². The number of hydrogen-bond acceptors (Lipinski definition) is 2. The highest BCUT2D eigenvalue weighted by Crippen LogP contribution is 2.34. The van der Waals surface area contributed by atoms with Gasteiger partial charge in [-0.25, -0.2) is 17.6 Å². The van der Waals surface area contributed by atoms with E-state index < -0.39 is 29.6 Å². The van der Waals surface area contributed by atoms with Crippen LogP contribution in [-0.4, -0.2) is 21.1 Å². The Hall–Kier alpha value is -2.90. The smallest absolute Gasteiger partial charge is 0.186 e. The second kappa shape index (κ2) is 9.93. The second-order valence-corrected chi connectivity index (χ2v) is 7.80. The van der Waals surface area contributed by atoms with Crippen LogP contribution in [0.1, 0.15) is 24.3 Å². The number of hydrogen-bond donors (Lipinski definition) is 0. The van der Waals surface area contributed by atoms with Crippen molar-refractivity contribution in [1.82, 2.24) is 0 Å².